The van der Waals surface area contributed by atoms with Crippen LogP contribution in [0.25, 0.3) is 10.2 Å². The van der Waals surface area contributed by atoms with Gasteiger partial charge in [0, 0.05) is 0 Å². The first-order valence-electron chi connectivity index (χ1n) is 4.05. The predicted molar refractivity (Wildman–Crippen MR) is 54.0 cm³/mol. The number of carbonyl (C=O) groups excluding carboxylic acids is 1. The van der Waals surface area contributed by atoms with Crippen LogP contribution in [0.3, 0.4) is 0 Å². The third-order valence-corrected chi connectivity index (χ3v) is 2.97. The Morgan fingerprint density at radius 1 is 1.50 bits per heavy atom. The summed E-state index contributed by atoms with van der Waals surface area (Å²) in [5, 5.41) is 9.26. The van der Waals surface area contributed by atoms with Gasteiger partial charge >= 0.3 is 0 Å². The maximum Gasteiger partial charge on any atom is 0.153 e. The van der Waals surface area contributed by atoms with Crippen LogP contribution in [-0.4, -0.2) is 11.3 Å². The van der Waals surface area contributed by atoms with Gasteiger partial charge in [-0.05, 0) is 12.1 Å². The largest absolute Gasteiger partial charge is 0.301 e. The Kier molecular flexibility index (Phi) is 2.25. The molecule has 0 radical (unpaired) electrons. The number of fused-ring (bicyclic) bond motifs is 1. The van der Waals surface area contributed by atoms with Crippen molar-refractivity contribution in [3.63, 3.8) is 0 Å². The Bertz CT molecular complexity index is 479. The summed E-state index contributed by atoms with van der Waals surface area (Å²) in [6.07, 6.45) is 0.623. The zero-order chi connectivity index (χ0) is 9.97. The highest BCUT2D eigenvalue weighted by Crippen LogP contribution is 2.25. The van der Waals surface area contributed by atoms with Crippen LogP contribution in [0.1, 0.15) is 10.9 Å². The van der Waals surface area contributed by atoms with E-state index in [9.17, 15) is 4.79 Å². The number of rotatable bonds is 2. The van der Waals surface area contributed by atoms with Crippen molar-refractivity contribution in [2.24, 2.45) is 0 Å². The molecule has 0 fully saturated rings. The number of thiazole rings is 1. The summed E-state index contributed by atoms with van der Waals surface area (Å²) >= 11 is 1.39. The van der Waals surface area contributed by atoms with E-state index in [0.717, 1.165) is 10.2 Å². The Morgan fingerprint density at radius 2 is 2.29 bits per heavy atom. The van der Waals surface area contributed by atoms with Gasteiger partial charge in [-0.15, -0.1) is 11.3 Å². The van der Waals surface area contributed by atoms with Crippen molar-refractivity contribution in [1.29, 1.82) is 5.26 Å². The number of carbonyl (C=O) groups is 1. The van der Waals surface area contributed by atoms with Crippen LogP contribution in [0.2, 0.25) is 0 Å². The number of nitrogens with zero attached hydrogens (tertiary/aromatic N) is 2. The molecular formula is C10H6N2OS. The lowest BCUT2D eigenvalue weighted by atomic mass is 10.2. The number of aldehydes is 1. The van der Waals surface area contributed by atoms with Crippen molar-refractivity contribution in [2.45, 2.75) is 5.92 Å². The fourth-order valence-corrected chi connectivity index (χ4v) is 2.14. The molecule has 0 amide bonds. The minimum absolute atomic E-state index is 0.573. The minimum atomic E-state index is -0.729. The monoisotopic (exact) mass is 202 g/mol. The molecule has 3 nitrogen and oxygen atoms in total. The van der Waals surface area contributed by atoms with Crippen LogP contribution >= 0.6 is 11.3 Å². The Hall–Kier alpha value is -1.73. The average molecular weight is 202 g/mol. The number of para-hydroxylation sites is 1. The van der Waals surface area contributed by atoms with E-state index in [1.54, 1.807) is 0 Å². The molecule has 1 unspecified atom stereocenters. The topological polar surface area (TPSA) is 53.8 Å². The first kappa shape index (κ1) is 8.85. The number of benzene rings is 1. The number of hydrogen-bond donors (Lipinski definition) is 0. The molecule has 0 aliphatic carbocycles. The molecule has 2 aromatic rings. The van der Waals surface area contributed by atoms with E-state index in [0.29, 0.717) is 11.3 Å². The summed E-state index contributed by atoms with van der Waals surface area (Å²) in [5.74, 6) is -0.729. The van der Waals surface area contributed by atoms with E-state index in [2.05, 4.69) is 4.98 Å². The summed E-state index contributed by atoms with van der Waals surface area (Å²) in [6, 6.07) is 9.50. The van der Waals surface area contributed by atoms with Crippen LogP contribution < -0.4 is 0 Å². The van der Waals surface area contributed by atoms with Crippen molar-refractivity contribution < 1.29 is 4.79 Å². The Labute approximate surface area is 84.6 Å². The molecule has 0 aliphatic rings. The number of aromatic nitrogens is 1. The van der Waals surface area contributed by atoms with Gasteiger partial charge in [-0.3, -0.25) is 0 Å². The SMILES string of the molecule is N#CC(C=O)c1nc2ccccc2s1. The van der Waals surface area contributed by atoms with Crippen molar-refractivity contribution in [3.05, 3.63) is 29.3 Å². The van der Waals surface area contributed by atoms with Gasteiger partial charge < -0.3 is 4.79 Å². The lowest BCUT2D eigenvalue weighted by Gasteiger charge is -1.90. The predicted octanol–water partition coefficient (Wildman–Crippen LogP) is 2.10. The lowest BCUT2D eigenvalue weighted by Crippen LogP contribution is -1.94. The van der Waals surface area contributed by atoms with Crippen LogP contribution in [-0.2, 0) is 4.79 Å². The second-order valence-corrected chi connectivity index (χ2v) is 3.82. The molecule has 0 bridgehead atoms. The van der Waals surface area contributed by atoms with E-state index in [4.69, 9.17) is 5.26 Å². The summed E-state index contributed by atoms with van der Waals surface area (Å²) in [4.78, 5) is 14.8. The Balaban J connectivity index is 2.55. The third-order valence-electron chi connectivity index (χ3n) is 1.85. The van der Waals surface area contributed by atoms with E-state index >= 15 is 0 Å². The Morgan fingerprint density at radius 3 is 2.93 bits per heavy atom. The molecule has 68 valence electrons. The molecule has 0 aliphatic heterocycles. The van der Waals surface area contributed by atoms with Gasteiger partial charge in [0.2, 0.25) is 0 Å². The number of hydrogen-bond acceptors (Lipinski definition) is 4. The summed E-state index contributed by atoms with van der Waals surface area (Å²) in [7, 11) is 0. The van der Waals surface area contributed by atoms with E-state index in [1.807, 2.05) is 30.3 Å². The quantitative estimate of drug-likeness (QED) is 0.701. The molecule has 0 spiro atoms. The van der Waals surface area contributed by atoms with Gasteiger partial charge in [-0.25, -0.2) is 4.98 Å². The van der Waals surface area contributed by atoms with Gasteiger partial charge in [0.25, 0.3) is 0 Å². The lowest BCUT2D eigenvalue weighted by molar-refractivity contribution is -0.108. The van der Waals surface area contributed by atoms with Gasteiger partial charge in [0.15, 0.2) is 5.92 Å². The molecular weight excluding hydrogens is 196 g/mol. The molecule has 4 heteroatoms. The second kappa shape index (κ2) is 3.56. The molecule has 0 N–H and O–H groups in total. The van der Waals surface area contributed by atoms with Crippen LogP contribution in [0, 0.1) is 11.3 Å². The van der Waals surface area contributed by atoms with Crippen LogP contribution in [0.4, 0.5) is 0 Å². The van der Waals surface area contributed by atoms with E-state index < -0.39 is 5.92 Å². The maximum absolute atomic E-state index is 10.6. The average Bonchev–Trinajstić information content (AvgIpc) is 2.63. The summed E-state index contributed by atoms with van der Waals surface area (Å²) in [6.45, 7) is 0. The maximum atomic E-state index is 10.6. The fraction of sp³-hybridized carbons (Fsp3) is 0.100. The second-order valence-electron chi connectivity index (χ2n) is 2.76. The highest BCUT2D eigenvalue weighted by atomic mass is 32.1. The van der Waals surface area contributed by atoms with Crippen LogP contribution in [0.5, 0.6) is 0 Å². The van der Waals surface area contributed by atoms with Crippen molar-refractivity contribution in [2.75, 3.05) is 0 Å². The zero-order valence-corrected chi connectivity index (χ0v) is 7.99. The highest BCUT2D eigenvalue weighted by Gasteiger charge is 2.13. The van der Waals surface area contributed by atoms with Crippen LogP contribution in [0.15, 0.2) is 24.3 Å². The van der Waals surface area contributed by atoms with Gasteiger partial charge in [-0.1, -0.05) is 12.1 Å². The van der Waals surface area contributed by atoms with E-state index in [-0.39, 0.29) is 0 Å². The molecule has 1 aromatic heterocycles. The van der Waals surface area contributed by atoms with Gasteiger partial charge in [0.1, 0.15) is 11.3 Å². The molecule has 0 saturated carbocycles. The van der Waals surface area contributed by atoms with Gasteiger partial charge in [-0.2, -0.15) is 5.26 Å². The molecule has 1 atom stereocenters. The first-order valence-corrected chi connectivity index (χ1v) is 4.87. The summed E-state index contributed by atoms with van der Waals surface area (Å²) in [5.41, 5.74) is 0.842. The van der Waals surface area contributed by atoms with Crippen molar-refractivity contribution >= 4 is 27.8 Å². The minimum Gasteiger partial charge on any atom is -0.301 e. The molecule has 1 heterocycles. The van der Waals surface area contributed by atoms with Gasteiger partial charge in [0.05, 0.1) is 16.3 Å². The molecule has 14 heavy (non-hydrogen) atoms. The fourth-order valence-electron chi connectivity index (χ4n) is 1.17. The molecule has 1 aromatic carbocycles. The van der Waals surface area contributed by atoms with Crippen molar-refractivity contribution in [1.82, 2.24) is 4.98 Å². The molecule has 2 rings (SSSR count). The highest BCUT2D eigenvalue weighted by molar-refractivity contribution is 7.18. The van der Waals surface area contributed by atoms with E-state index in [1.165, 1.54) is 11.3 Å². The zero-order valence-electron chi connectivity index (χ0n) is 7.18. The van der Waals surface area contributed by atoms with Crippen molar-refractivity contribution in [3.8, 4) is 6.07 Å². The molecule has 0 saturated heterocycles. The first-order chi connectivity index (χ1) is 6.85. The standard InChI is InChI=1S/C10H6N2OS/c11-5-7(6-13)10-12-8-3-1-2-4-9(8)14-10/h1-4,6-7H. The third kappa shape index (κ3) is 1.38. The smallest absolute Gasteiger partial charge is 0.153 e. The summed E-state index contributed by atoms with van der Waals surface area (Å²) < 4.78 is 1.00. The normalized spacial score (nSPS) is 12.2. The number of nitriles is 1.